The zero-order chi connectivity index (χ0) is 36.8. The number of carbonyl (C=O) groups is 1. The van der Waals surface area contributed by atoms with Gasteiger partial charge in [-0.25, -0.2) is 12.8 Å². The van der Waals surface area contributed by atoms with Crippen molar-refractivity contribution in [1.29, 1.82) is 0 Å². The summed E-state index contributed by atoms with van der Waals surface area (Å²) < 4.78 is 49.1. The van der Waals surface area contributed by atoms with Gasteiger partial charge in [-0.15, -0.1) is 0 Å². The standard InChI is InChI=1S/C39H58ClFN4O4S/c1-25-31-18-28(39(31,5)6)19-33(25)42-37(46)34-15-16-50(47,48)45(34)22-27-12-10-11-26(17-27)21-44(29(23-43(7)8)20-38(2,3)4)24-30-32(40)13-14-35(49-9)36(30)41/h10-14,17,25,28-29,31,33-34H,15-16,18-24H2,1-9H3,(H,42,46)/t25-,28-,29+,31+,33-,34?/m1/s1. The van der Waals surface area contributed by atoms with Gasteiger partial charge in [0.05, 0.1) is 12.9 Å². The number of likely N-dealkylation sites (N-methyl/N-ethyl adjacent to an activating group) is 1. The monoisotopic (exact) mass is 732 g/mol. The number of hydrogen-bond acceptors (Lipinski definition) is 6. The lowest BCUT2D eigenvalue weighted by atomic mass is 9.45. The number of methoxy groups -OCH3 is 1. The summed E-state index contributed by atoms with van der Waals surface area (Å²) >= 11 is 6.60. The van der Waals surface area contributed by atoms with Gasteiger partial charge in [0.2, 0.25) is 15.9 Å². The zero-order valence-corrected chi connectivity index (χ0v) is 33.0. The minimum atomic E-state index is -3.61. The van der Waals surface area contributed by atoms with Crippen LogP contribution in [0.15, 0.2) is 36.4 Å². The van der Waals surface area contributed by atoms with Gasteiger partial charge in [-0.3, -0.25) is 9.69 Å². The van der Waals surface area contributed by atoms with Gasteiger partial charge in [0.15, 0.2) is 11.6 Å². The Morgan fingerprint density at radius 1 is 1.14 bits per heavy atom. The van der Waals surface area contributed by atoms with Gasteiger partial charge in [-0.1, -0.05) is 77.4 Å². The highest BCUT2D eigenvalue weighted by molar-refractivity contribution is 7.89. The Morgan fingerprint density at radius 2 is 1.84 bits per heavy atom. The van der Waals surface area contributed by atoms with Gasteiger partial charge in [0.1, 0.15) is 6.04 Å². The quantitative estimate of drug-likeness (QED) is 0.240. The van der Waals surface area contributed by atoms with Gasteiger partial charge in [-0.2, -0.15) is 4.31 Å². The normalized spacial score (nSPS) is 26.5. The second-order valence-corrected chi connectivity index (χ2v) is 19.6. The third kappa shape index (κ3) is 8.52. The number of rotatable bonds is 13. The van der Waals surface area contributed by atoms with Crippen molar-refractivity contribution < 1.29 is 22.3 Å². The van der Waals surface area contributed by atoms with Gasteiger partial charge >= 0.3 is 0 Å². The minimum absolute atomic E-state index is 0.00323. The number of fused-ring (bicyclic) bond motifs is 2. The predicted molar refractivity (Wildman–Crippen MR) is 199 cm³/mol. The largest absolute Gasteiger partial charge is 0.494 e. The number of sulfonamides is 1. The Kier molecular flexibility index (Phi) is 11.7. The Balaban J connectivity index is 1.37. The summed E-state index contributed by atoms with van der Waals surface area (Å²) in [6.07, 6.45) is 3.30. The average molecular weight is 733 g/mol. The number of halogens is 2. The molecule has 1 heterocycles. The molecule has 1 aliphatic heterocycles. The molecule has 3 aliphatic carbocycles. The minimum Gasteiger partial charge on any atom is -0.494 e. The smallest absolute Gasteiger partial charge is 0.238 e. The van der Waals surface area contributed by atoms with Gasteiger partial charge in [0, 0.05) is 48.8 Å². The Morgan fingerprint density at radius 3 is 2.46 bits per heavy atom. The number of benzene rings is 2. The van der Waals surface area contributed by atoms with Crippen LogP contribution in [-0.4, -0.2) is 80.1 Å². The summed E-state index contributed by atoms with van der Waals surface area (Å²) in [7, 11) is 1.91. The zero-order valence-electron chi connectivity index (χ0n) is 31.4. The van der Waals surface area contributed by atoms with Crippen molar-refractivity contribution >= 4 is 27.5 Å². The molecule has 278 valence electrons. The first-order valence-electron chi connectivity index (χ1n) is 18.1. The second-order valence-electron chi connectivity index (χ2n) is 17.2. The fourth-order valence-electron chi connectivity index (χ4n) is 8.88. The molecule has 4 aliphatic rings. The molecule has 11 heteroatoms. The van der Waals surface area contributed by atoms with Gasteiger partial charge in [-0.05, 0) is 91.6 Å². The molecular weight excluding hydrogens is 675 g/mol. The molecule has 1 unspecified atom stereocenters. The highest BCUT2D eigenvalue weighted by Gasteiger charge is 2.56. The summed E-state index contributed by atoms with van der Waals surface area (Å²) in [4.78, 5) is 18.1. The molecule has 1 N–H and O–H groups in total. The third-order valence-corrected chi connectivity index (χ3v) is 13.9. The molecule has 2 aromatic carbocycles. The maximum absolute atomic E-state index is 15.6. The molecule has 6 atom stereocenters. The van der Waals surface area contributed by atoms with Crippen molar-refractivity contribution in [2.45, 2.75) is 105 Å². The molecule has 4 fully saturated rings. The van der Waals surface area contributed by atoms with Crippen LogP contribution in [0.2, 0.25) is 5.02 Å². The molecule has 2 aromatic rings. The molecule has 1 amide bonds. The fraction of sp³-hybridized carbons (Fsp3) is 0.667. The number of nitrogens with zero attached hydrogens (tertiary/aromatic N) is 3. The molecule has 8 nitrogen and oxygen atoms in total. The molecule has 3 saturated carbocycles. The van der Waals surface area contributed by atoms with Crippen LogP contribution in [0.3, 0.4) is 0 Å². The molecule has 6 rings (SSSR count). The van der Waals surface area contributed by atoms with E-state index in [0.29, 0.717) is 40.3 Å². The summed E-state index contributed by atoms with van der Waals surface area (Å²) in [5.41, 5.74) is 2.46. The SMILES string of the molecule is COc1ccc(Cl)c(CN(Cc2cccc(CN3C(C(=O)N[C@@H]4C[C@H]5C[C@@H]([C@H]4C)C5(C)C)CCS3(=O)=O)c2)[C@H](CN(C)C)CC(C)(C)C)c1F. The van der Waals surface area contributed by atoms with Crippen LogP contribution in [-0.2, 0) is 34.5 Å². The van der Waals surface area contributed by atoms with E-state index in [-0.39, 0.29) is 54.4 Å². The van der Waals surface area contributed by atoms with E-state index in [9.17, 15) is 13.2 Å². The summed E-state index contributed by atoms with van der Waals surface area (Å²) in [6.45, 7) is 15.1. The molecular formula is C39H58ClFN4O4S. The van der Waals surface area contributed by atoms with Crippen molar-refractivity contribution in [2.75, 3.05) is 33.5 Å². The van der Waals surface area contributed by atoms with Crippen molar-refractivity contribution in [3.05, 3.63) is 63.9 Å². The van der Waals surface area contributed by atoms with E-state index in [1.165, 1.54) is 17.8 Å². The predicted octanol–water partition coefficient (Wildman–Crippen LogP) is 6.95. The third-order valence-electron chi connectivity index (χ3n) is 11.7. The molecule has 0 aromatic heterocycles. The van der Waals surface area contributed by atoms with Crippen molar-refractivity contribution in [1.82, 2.24) is 19.4 Å². The molecule has 1 saturated heterocycles. The second kappa shape index (κ2) is 15.0. The van der Waals surface area contributed by atoms with E-state index in [2.05, 4.69) is 56.7 Å². The van der Waals surface area contributed by atoms with E-state index < -0.39 is 21.9 Å². The summed E-state index contributed by atoms with van der Waals surface area (Å²) in [5.74, 6) is 0.991. The highest BCUT2D eigenvalue weighted by atomic mass is 35.5. The van der Waals surface area contributed by atoms with Crippen LogP contribution in [0.5, 0.6) is 5.75 Å². The number of carbonyl (C=O) groups excluding carboxylic acids is 1. The Bertz CT molecular complexity index is 1640. The molecule has 2 bridgehead atoms. The van der Waals surface area contributed by atoms with E-state index in [1.54, 1.807) is 12.1 Å². The van der Waals surface area contributed by atoms with Crippen molar-refractivity contribution in [3.8, 4) is 5.75 Å². The highest BCUT2D eigenvalue weighted by Crippen LogP contribution is 2.61. The lowest BCUT2D eigenvalue weighted by molar-refractivity contribution is -0.136. The van der Waals surface area contributed by atoms with Crippen LogP contribution >= 0.6 is 11.6 Å². The van der Waals surface area contributed by atoms with E-state index in [4.69, 9.17) is 16.3 Å². The maximum atomic E-state index is 15.6. The summed E-state index contributed by atoms with van der Waals surface area (Å²) in [5, 5.41) is 3.62. The van der Waals surface area contributed by atoms with Crippen LogP contribution in [0.4, 0.5) is 4.39 Å². The first kappa shape index (κ1) is 39.0. The number of nitrogens with one attached hydrogen (secondary N) is 1. The van der Waals surface area contributed by atoms with Crippen LogP contribution in [0.25, 0.3) is 0 Å². The van der Waals surface area contributed by atoms with Crippen LogP contribution in [0.1, 0.15) is 83.9 Å². The van der Waals surface area contributed by atoms with Crippen LogP contribution < -0.4 is 10.1 Å². The van der Waals surface area contributed by atoms with Crippen molar-refractivity contribution in [3.63, 3.8) is 0 Å². The maximum Gasteiger partial charge on any atom is 0.238 e. The molecule has 0 spiro atoms. The van der Waals surface area contributed by atoms with E-state index in [0.717, 1.165) is 30.5 Å². The van der Waals surface area contributed by atoms with E-state index in [1.807, 2.05) is 38.4 Å². The molecule has 0 radical (unpaired) electrons. The van der Waals surface area contributed by atoms with E-state index >= 15 is 4.39 Å². The van der Waals surface area contributed by atoms with Gasteiger partial charge in [0.25, 0.3) is 0 Å². The lowest BCUT2D eigenvalue weighted by Crippen LogP contribution is -2.61. The van der Waals surface area contributed by atoms with Crippen molar-refractivity contribution in [2.24, 2.45) is 28.6 Å². The number of ether oxygens (including phenoxy) is 1. The summed E-state index contributed by atoms with van der Waals surface area (Å²) in [6, 6.07) is 10.5. The number of hydrogen-bond donors (Lipinski definition) is 1. The molecule has 50 heavy (non-hydrogen) atoms. The number of amides is 1. The first-order valence-corrected chi connectivity index (χ1v) is 20.1. The topological polar surface area (TPSA) is 82.2 Å². The van der Waals surface area contributed by atoms with Crippen LogP contribution in [0, 0.1) is 34.4 Å². The average Bonchev–Trinajstić information content (AvgIpc) is 3.31. The Labute approximate surface area is 305 Å². The van der Waals surface area contributed by atoms with Gasteiger partial charge < -0.3 is 15.0 Å². The Hall–Kier alpha value is -2.24. The lowest BCUT2D eigenvalue weighted by Gasteiger charge is -2.62. The fourth-order valence-corrected chi connectivity index (χ4v) is 10.8. The first-order chi connectivity index (χ1) is 23.3.